The Morgan fingerprint density at radius 1 is 1.00 bits per heavy atom. The van der Waals surface area contributed by atoms with Crippen LogP contribution in [-0.4, -0.2) is 0 Å². The average molecular weight is 334 g/mol. The van der Waals surface area contributed by atoms with E-state index >= 15 is 0 Å². The van der Waals surface area contributed by atoms with Crippen molar-refractivity contribution in [2.45, 2.75) is 6.04 Å². The van der Waals surface area contributed by atoms with Gasteiger partial charge in [0.1, 0.15) is 6.04 Å². The topological polar surface area (TPSA) is 35.8 Å². The van der Waals surface area contributed by atoms with Crippen molar-refractivity contribution in [3.05, 3.63) is 63.7 Å². The van der Waals surface area contributed by atoms with Crippen molar-refractivity contribution in [2.24, 2.45) is 0 Å². The Hall–Kier alpha value is -1.54. The summed E-state index contributed by atoms with van der Waals surface area (Å²) in [5.74, 6) is 0. The van der Waals surface area contributed by atoms with Gasteiger partial charge >= 0.3 is 0 Å². The molecule has 0 saturated carbocycles. The Morgan fingerprint density at radius 2 is 1.65 bits per heavy atom. The highest BCUT2D eigenvalue weighted by Gasteiger charge is 2.08. The number of halogens is 1. The highest BCUT2D eigenvalue weighted by molar-refractivity contribution is 14.1. The van der Waals surface area contributed by atoms with E-state index in [0.29, 0.717) is 0 Å². The van der Waals surface area contributed by atoms with Crippen molar-refractivity contribution >= 4 is 28.3 Å². The molecule has 0 aliphatic rings. The molecule has 0 amide bonds. The Bertz CT molecular complexity index is 514. The molecule has 0 saturated heterocycles. The van der Waals surface area contributed by atoms with Crippen molar-refractivity contribution < 1.29 is 0 Å². The van der Waals surface area contributed by atoms with Gasteiger partial charge in [0.15, 0.2) is 0 Å². The van der Waals surface area contributed by atoms with E-state index in [0.717, 1.165) is 11.3 Å². The SMILES string of the molecule is N#CC(Nc1ccc(I)cc1)c1ccccc1. The van der Waals surface area contributed by atoms with Crippen LogP contribution in [0.15, 0.2) is 54.6 Å². The summed E-state index contributed by atoms with van der Waals surface area (Å²) in [7, 11) is 0. The third-order valence-electron chi connectivity index (χ3n) is 2.42. The fraction of sp³-hybridized carbons (Fsp3) is 0.0714. The molecule has 0 bridgehead atoms. The summed E-state index contributed by atoms with van der Waals surface area (Å²) in [5, 5.41) is 12.4. The molecule has 3 heteroatoms. The lowest BCUT2D eigenvalue weighted by Crippen LogP contribution is -2.08. The highest BCUT2D eigenvalue weighted by Crippen LogP contribution is 2.19. The lowest BCUT2D eigenvalue weighted by molar-refractivity contribution is 0.998. The number of nitriles is 1. The lowest BCUT2D eigenvalue weighted by atomic mass is 10.1. The second-order valence-electron chi connectivity index (χ2n) is 3.62. The molecule has 0 aliphatic heterocycles. The summed E-state index contributed by atoms with van der Waals surface area (Å²) in [6, 6.07) is 19.7. The largest absolute Gasteiger partial charge is 0.366 e. The van der Waals surface area contributed by atoms with E-state index in [1.807, 2.05) is 54.6 Å². The van der Waals surface area contributed by atoms with Gasteiger partial charge in [0.2, 0.25) is 0 Å². The normalized spacial score (nSPS) is 11.5. The predicted molar refractivity (Wildman–Crippen MR) is 77.6 cm³/mol. The Morgan fingerprint density at radius 3 is 2.24 bits per heavy atom. The first-order chi connectivity index (χ1) is 8.29. The predicted octanol–water partition coefficient (Wildman–Crippen LogP) is 3.97. The van der Waals surface area contributed by atoms with E-state index in [1.54, 1.807) is 0 Å². The number of nitrogens with zero attached hydrogens (tertiary/aromatic N) is 1. The van der Waals surface area contributed by atoms with E-state index < -0.39 is 0 Å². The van der Waals surface area contributed by atoms with Crippen LogP contribution in [0.1, 0.15) is 11.6 Å². The minimum Gasteiger partial charge on any atom is -0.366 e. The molecule has 2 rings (SSSR count). The van der Waals surface area contributed by atoms with Gasteiger partial charge in [-0.3, -0.25) is 0 Å². The average Bonchev–Trinajstić information content (AvgIpc) is 2.39. The number of hydrogen-bond acceptors (Lipinski definition) is 2. The van der Waals surface area contributed by atoms with Crippen molar-refractivity contribution in [2.75, 3.05) is 5.32 Å². The van der Waals surface area contributed by atoms with Crippen LogP contribution in [0.2, 0.25) is 0 Å². The molecule has 1 N–H and O–H groups in total. The molecule has 1 atom stereocenters. The van der Waals surface area contributed by atoms with Crippen molar-refractivity contribution in [1.29, 1.82) is 5.26 Å². The Balaban J connectivity index is 2.17. The zero-order chi connectivity index (χ0) is 12.1. The molecule has 0 aromatic heterocycles. The summed E-state index contributed by atoms with van der Waals surface area (Å²) < 4.78 is 1.18. The van der Waals surface area contributed by atoms with Gasteiger partial charge < -0.3 is 5.32 Å². The van der Waals surface area contributed by atoms with Crippen molar-refractivity contribution in [3.8, 4) is 6.07 Å². The molecule has 2 aromatic carbocycles. The van der Waals surface area contributed by atoms with Gasteiger partial charge in [-0.1, -0.05) is 30.3 Å². The molecule has 17 heavy (non-hydrogen) atoms. The van der Waals surface area contributed by atoms with Crippen LogP contribution in [0.3, 0.4) is 0 Å². The fourth-order valence-corrected chi connectivity index (χ4v) is 1.91. The summed E-state index contributed by atoms with van der Waals surface area (Å²) in [6.45, 7) is 0. The smallest absolute Gasteiger partial charge is 0.140 e. The van der Waals surface area contributed by atoms with Crippen LogP contribution in [0, 0.1) is 14.9 Å². The molecule has 2 aromatic rings. The summed E-state index contributed by atoms with van der Waals surface area (Å²) >= 11 is 2.26. The van der Waals surface area contributed by atoms with Gasteiger partial charge in [0.25, 0.3) is 0 Å². The molecular weight excluding hydrogens is 323 g/mol. The first-order valence-corrected chi connectivity index (χ1v) is 6.34. The fourth-order valence-electron chi connectivity index (χ4n) is 1.55. The molecular formula is C14H11IN2. The van der Waals surface area contributed by atoms with Gasteiger partial charge in [0, 0.05) is 9.26 Å². The van der Waals surface area contributed by atoms with Crippen LogP contribution in [-0.2, 0) is 0 Å². The van der Waals surface area contributed by atoms with Crippen LogP contribution in [0.4, 0.5) is 5.69 Å². The monoisotopic (exact) mass is 334 g/mol. The first-order valence-electron chi connectivity index (χ1n) is 5.26. The molecule has 0 radical (unpaired) electrons. The van der Waals surface area contributed by atoms with Gasteiger partial charge in [-0.15, -0.1) is 0 Å². The number of anilines is 1. The van der Waals surface area contributed by atoms with Gasteiger partial charge in [-0.2, -0.15) is 5.26 Å². The van der Waals surface area contributed by atoms with E-state index in [1.165, 1.54) is 3.57 Å². The van der Waals surface area contributed by atoms with E-state index in [4.69, 9.17) is 0 Å². The summed E-state index contributed by atoms with van der Waals surface area (Å²) in [4.78, 5) is 0. The molecule has 84 valence electrons. The van der Waals surface area contributed by atoms with Gasteiger partial charge in [-0.05, 0) is 52.4 Å². The minimum atomic E-state index is -0.309. The summed E-state index contributed by atoms with van der Waals surface area (Å²) in [5.41, 5.74) is 1.94. The number of rotatable bonds is 3. The Kier molecular flexibility index (Phi) is 3.99. The number of hydrogen-bond donors (Lipinski definition) is 1. The molecule has 2 nitrogen and oxygen atoms in total. The zero-order valence-electron chi connectivity index (χ0n) is 9.10. The molecule has 0 fully saturated rings. The summed E-state index contributed by atoms with van der Waals surface area (Å²) in [6.07, 6.45) is 0. The third-order valence-corrected chi connectivity index (χ3v) is 3.14. The molecule has 1 unspecified atom stereocenters. The lowest BCUT2D eigenvalue weighted by Gasteiger charge is -2.13. The van der Waals surface area contributed by atoms with Crippen LogP contribution < -0.4 is 5.32 Å². The van der Waals surface area contributed by atoms with Gasteiger partial charge in [-0.25, -0.2) is 0 Å². The van der Waals surface area contributed by atoms with E-state index in [-0.39, 0.29) is 6.04 Å². The molecule has 0 aliphatic carbocycles. The third kappa shape index (κ3) is 3.21. The molecule has 0 heterocycles. The van der Waals surface area contributed by atoms with E-state index in [2.05, 4.69) is 34.0 Å². The van der Waals surface area contributed by atoms with Crippen LogP contribution in [0.5, 0.6) is 0 Å². The maximum Gasteiger partial charge on any atom is 0.140 e. The second kappa shape index (κ2) is 5.69. The van der Waals surface area contributed by atoms with Crippen LogP contribution >= 0.6 is 22.6 Å². The van der Waals surface area contributed by atoms with E-state index in [9.17, 15) is 5.26 Å². The quantitative estimate of drug-likeness (QED) is 0.863. The second-order valence-corrected chi connectivity index (χ2v) is 4.87. The Labute approximate surface area is 114 Å². The van der Waals surface area contributed by atoms with Crippen LogP contribution in [0.25, 0.3) is 0 Å². The maximum atomic E-state index is 9.18. The first kappa shape index (κ1) is 11.9. The number of nitrogens with one attached hydrogen (secondary N) is 1. The highest BCUT2D eigenvalue weighted by atomic mass is 127. The van der Waals surface area contributed by atoms with Gasteiger partial charge in [0.05, 0.1) is 6.07 Å². The standard InChI is InChI=1S/C14H11IN2/c15-12-6-8-13(9-7-12)17-14(10-16)11-4-2-1-3-5-11/h1-9,14,17H. The minimum absolute atomic E-state index is 0.309. The molecule has 0 spiro atoms. The van der Waals surface area contributed by atoms with Crippen molar-refractivity contribution in [3.63, 3.8) is 0 Å². The zero-order valence-corrected chi connectivity index (χ0v) is 11.3. The maximum absolute atomic E-state index is 9.18. The number of benzene rings is 2. The van der Waals surface area contributed by atoms with Crippen molar-refractivity contribution in [1.82, 2.24) is 0 Å².